The van der Waals surface area contributed by atoms with Gasteiger partial charge in [-0.1, -0.05) is 6.07 Å². The van der Waals surface area contributed by atoms with Crippen molar-refractivity contribution in [3.8, 4) is 0 Å². The molecule has 3 rings (SSSR count). The Morgan fingerprint density at radius 3 is 2.76 bits per heavy atom. The first-order valence-corrected chi connectivity index (χ1v) is 7.44. The third-order valence-electron chi connectivity index (χ3n) is 4.11. The molecule has 112 valence electrons. The molecular formula is C17H21FN2O. The molecule has 1 unspecified atom stereocenters. The molecule has 0 aliphatic heterocycles. The lowest BCUT2D eigenvalue weighted by atomic mass is 10.1. The van der Waals surface area contributed by atoms with Crippen LogP contribution in [0.5, 0.6) is 0 Å². The van der Waals surface area contributed by atoms with Crippen molar-refractivity contribution >= 4 is 5.69 Å². The fraction of sp³-hybridized carbons (Fsp3) is 0.412. The quantitative estimate of drug-likeness (QED) is 0.874. The molecule has 1 aromatic carbocycles. The predicted octanol–water partition coefficient (Wildman–Crippen LogP) is 3.87. The number of nitrogens with zero attached hydrogens (tertiary/aromatic N) is 1. The van der Waals surface area contributed by atoms with Crippen LogP contribution in [0.15, 0.2) is 41.0 Å². The van der Waals surface area contributed by atoms with E-state index in [0.29, 0.717) is 18.3 Å². The van der Waals surface area contributed by atoms with Crippen LogP contribution in [0.25, 0.3) is 0 Å². The SMILES string of the molecule is CNC(C)c1ccc(N(Cc2ccco2)C2CC2)c(F)c1. The van der Waals surface area contributed by atoms with Crippen LogP contribution < -0.4 is 10.2 Å². The molecule has 0 saturated heterocycles. The van der Waals surface area contributed by atoms with Crippen molar-refractivity contribution in [2.75, 3.05) is 11.9 Å². The van der Waals surface area contributed by atoms with E-state index in [9.17, 15) is 4.39 Å². The van der Waals surface area contributed by atoms with Gasteiger partial charge in [-0.2, -0.15) is 0 Å². The highest BCUT2D eigenvalue weighted by Gasteiger charge is 2.31. The van der Waals surface area contributed by atoms with Crippen molar-refractivity contribution in [2.24, 2.45) is 0 Å². The van der Waals surface area contributed by atoms with Gasteiger partial charge in [-0.15, -0.1) is 0 Å². The minimum absolute atomic E-state index is 0.146. The maximum atomic E-state index is 14.5. The van der Waals surface area contributed by atoms with E-state index in [4.69, 9.17) is 4.42 Å². The topological polar surface area (TPSA) is 28.4 Å². The Morgan fingerprint density at radius 2 is 2.19 bits per heavy atom. The molecule has 21 heavy (non-hydrogen) atoms. The molecule has 4 heteroatoms. The Balaban J connectivity index is 1.85. The van der Waals surface area contributed by atoms with E-state index in [1.807, 2.05) is 38.2 Å². The monoisotopic (exact) mass is 288 g/mol. The summed E-state index contributed by atoms with van der Waals surface area (Å²) in [6.07, 6.45) is 3.90. The molecule has 1 aromatic heterocycles. The zero-order valence-corrected chi connectivity index (χ0v) is 12.5. The largest absolute Gasteiger partial charge is 0.467 e. The van der Waals surface area contributed by atoms with Gasteiger partial charge in [0.15, 0.2) is 0 Å². The lowest BCUT2D eigenvalue weighted by Gasteiger charge is -2.25. The second-order valence-electron chi connectivity index (χ2n) is 5.66. The van der Waals surface area contributed by atoms with Gasteiger partial charge in [0.2, 0.25) is 0 Å². The summed E-state index contributed by atoms with van der Waals surface area (Å²) in [5, 5.41) is 3.13. The highest BCUT2D eigenvalue weighted by molar-refractivity contribution is 5.51. The van der Waals surface area contributed by atoms with E-state index in [2.05, 4.69) is 10.2 Å². The van der Waals surface area contributed by atoms with E-state index < -0.39 is 0 Å². The average Bonchev–Trinajstić information content (AvgIpc) is 3.21. The first-order chi connectivity index (χ1) is 10.2. The van der Waals surface area contributed by atoms with Crippen molar-refractivity contribution in [2.45, 2.75) is 38.4 Å². The third-order valence-corrected chi connectivity index (χ3v) is 4.11. The van der Waals surface area contributed by atoms with Crippen LogP contribution in [-0.2, 0) is 6.54 Å². The van der Waals surface area contributed by atoms with Crippen LogP contribution in [0, 0.1) is 5.82 Å². The van der Waals surface area contributed by atoms with Crippen LogP contribution in [0.1, 0.15) is 37.1 Å². The first-order valence-electron chi connectivity index (χ1n) is 7.44. The van der Waals surface area contributed by atoms with E-state index in [1.165, 1.54) is 0 Å². The molecule has 1 saturated carbocycles. The molecule has 1 heterocycles. The highest BCUT2D eigenvalue weighted by atomic mass is 19.1. The Hall–Kier alpha value is -1.81. The zero-order valence-electron chi connectivity index (χ0n) is 12.5. The Bertz CT molecular complexity index is 593. The van der Waals surface area contributed by atoms with Gasteiger partial charge < -0.3 is 14.6 Å². The molecule has 1 aliphatic carbocycles. The Labute approximate surface area is 124 Å². The lowest BCUT2D eigenvalue weighted by molar-refractivity contribution is 0.498. The summed E-state index contributed by atoms with van der Waals surface area (Å²) in [6.45, 7) is 2.64. The first kappa shape index (κ1) is 14.1. The number of halogens is 1. The summed E-state index contributed by atoms with van der Waals surface area (Å²) >= 11 is 0. The zero-order chi connectivity index (χ0) is 14.8. The Kier molecular flexibility index (Phi) is 3.97. The van der Waals surface area contributed by atoms with Gasteiger partial charge in [0.1, 0.15) is 11.6 Å². The van der Waals surface area contributed by atoms with Gasteiger partial charge in [0, 0.05) is 12.1 Å². The summed E-state index contributed by atoms with van der Waals surface area (Å²) in [5.74, 6) is 0.710. The summed E-state index contributed by atoms with van der Waals surface area (Å²) in [4.78, 5) is 2.11. The molecule has 1 N–H and O–H groups in total. The molecular weight excluding hydrogens is 267 g/mol. The van der Waals surface area contributed by atoms with Gasteiger partial charge in [0.25, 0.3) is 0 Å². The maximum absolute atomic E-state index is 14.5. The normalized spacial score (nSPS) is 16.0. The average molecular weight is 288 g/mol. The molecule has 0 bridgehead atoms. The second-order valence-corrected chi connectivity index (χ2v) is 5.66. The number of hydrogen-bond acceptors (Lipinski definition) is 3. The number of rotatable bonds is 6. The van der Waals surface area contributed by atoms with Gasteiger partial charge in [-0.25, -0.2) is 4.39 Å². The van der Waals surface area contributed by atoms with E-state index in [1.54, 1.807) is 12.3 Å². The number of hydrogen-bond donors (Lipinski definition) is 1. The summed E-state index contributed by atoms with van der Waals surface area (Å²) in [7, 11) is 1.88. The fourth-order valence-electron chi connectivity index (χ4n) is 2.56. The van der Waals surface area contributed by atoms with Crippen LogP contribution in [0.2, 0.25) is 0 Å². The van der Waals surface area contributed by atoms with E-state index in [0.717, 1.165) is 24.2 Å². The highest BCUT2D eigenvalue weighted by Crippen LogP contribution is 2.35. The van der Waals surface area contributed by atoms with Gasteiger partial charge >= 0.3 is 0 Å². The van der Waals surface area contributed by atoms with Crippen LogP contribution in [-0.4, -0.2) is 13.1 Å². The fourth-order valence-corrected chi connectivity index (χ4v) is 2.56. The predicted molar refractivity (Wildman–Crippen MR) is 81.8 cm³/mol. The van der Waals surface area contributed by atoms with Crippen molar-refractivity contribution in [3.63, 3.8) is 0 Å². The minimum Gasteiger partial charge on any atom is -0.467 e. The van der Waals surface area contributed by atoms with Crippen LogP contribution >= 0.6 is 0 Å². The number of benzene rings is 1. The van der Waals surface area contributed by atoms with Gasteiger partial charge in [-0.3, -0.25) is 0 Å². The number of furan rings is 1. The smallest absolute Gasteiger partial charge is 0.146 e. The molecule has 1 aliphatic rings. The Morgan fingerprint density at radius 1 is 1.38 bits per heavy atom. The molecule has 0 amide bonds. The summed E-state index contributed by atoms with van der Waals surface area (Å²) in [6, 6.07) is 9.90. The lowest BCUT2D eigenvalue weighted by Crippen LogP contribution is -2.26. The van der Waals surface area contributed by atoms with Crippen molar-refractivity contribution in [1.29, 1.82) is 0 Å². The minimum atomic E-state index is -0.159. The number of anilines is 1. The van der Waals surface area contributed by atoms with E-state index >= 15 is 0 Å². The molecule has 1 fully saturated rings. The standard InChI is InChI=1S/C17H21FN2O/c1-12(19-2)13-5-8-17(16(18)10-13)20(14-6-7-14)11-15-4-3-9-21-15/h3-5,8-10,12,14,19H,6-7,11H2,1-2H3. The second kappa shape index (κ2) is 5.90. The van der Waals surface area contributed by atoms with Crippen molar-refractivity contribution < 1.29 is 8.81 Å². The molecule has 0 radical (unpaired) electrons. The summed E-state index contributed by atoms with van der Waals surface area (Å²) in [5.41, 5.74) is 1.63. The van der Waals surface area contributed by atoms with Crippen molar-refractivity contribution in [3.05, 3.63) is 53.7 Å². The van der Waals surface area contributed by atoms with Crippen LogP contribution in [0.3, 0.4) is 0 Å². The van der Waals surface area contributed by atoms with Gasteiger partial charge in [-0.05, 0) is 56.6 Å². The molecule has 1 atom stereocenters. The molecule has 0 spiro atoms. The summed E-state index contributed by atoms with van der Waals surface area (Å²) < 4.78 is 19.9. The van der Waals surface area contributed by atoms with Gasteiger partial charge in [0.05, 0.1) is 18.5 Å². The van der Waals surface area contributed by atoms with E-state index in [-0.39, 0.29) is 11.9 Å². The van der Waals surface area contributed by atoms with Crippen molar-refractivity contribution in [1.82, 2.24) is 5.32 Å². The molecule has 3 nitrogen and oxygen atoms in total. The van der Waals surface area contributed by atoms with Crippen LogP contribution in [0.4, 0.5) is 10.1 Å². The number of nitrogens with one attached hydrogen (secondary N) is 1. The maximum Gasteiger partial charge on any atom is 0.146 e. The molecule has 2 aromatic rings. The third kappa shape index (κ3) is 3.10.